The van der Waals surface area contributed by atoms with Crippen LogP contribution in [-0.4, -0.2) is 46.1 Å². The third-order valence-electron chi connectivity index (χ3n) is 6.04. The molecular weight excluding hydrogens is 482 g/mol. The highest BCUT2D eigenvalue weighted by Crippen LogP contribution is 2.28. The highest BCUT2D eigenvalue weighted by molar-refractivity contribution is 5.99. The van der Waals surface area contributed by atoms with Crippen LogP contribution in [0.3, 0.4) is 0 Å². The highest BCUT2D eigenvalue weighted by Gasteiger charge is 2.37. The molecule has 2 atom stereocenters. The lowest BCUT2D eigenvalue weighted by molar-refractivity contribution is -0.141. The first-order valence-corrected chi connectivity index (χ1v) is 13.3. The van der Waals surface area contributed by atoms with Crippen LogP contribution in [0.15, 0.2) is 48.5 Å². The minimum absolute atomic E-state index is 0.00978. The number of unbranched alkanes of at least 4 members (excludes halogenated alkanes) is 2. The van der Waals surface area contributed by atoms with Gasteiger partial charge in [-0.15, -0.1) is 0 Å². The molecule has 8 heteroatoms. The number of benzene rings is 2. The number of nitrogens with zero attached hydrogens (tertiary/aromatic N) is 1. The first kappa shape index (κ1) is 30.7. The van der Waals surface area contributed by atoms with Gasteiger partial charge in [0.15, 0.2) is 0 Å². The fourth-order valence-corrected chi connectivity index (χ4v) is 4.11. The predicted molar refractivity (Wildman–Crippen MR) is 150 cm³/mol. The number of aromatic hydroxyl groups is 1. The number of ether oxygens (including phenoxy) is 1. The van der Waals surface area contributed by atoms with Crippen LogP contribution >= 0.6 is 0 Å². The Kier molecular flexibility index (Phi) is 11.2. The van der Waals surface area contributed by atoms with Crippen molar-refractivity contribution in [3.05, 3.63) is 59.7 Å². The minimum Gasteiger partial charge on any atom is -0.508 e. The lowest BCUT2D eigenvalue weighted by Gasteiger charge is -2.35. The average molecular weight is 526 g/mol. The van der Waals surface area contributed by atoms with E-state index in [1.165, 1.54) is 17.0 Å². The normalized spacial score (nSPS) is 12.9. The van der Waals surface area contributed by atoms with Gasteiger partial charge in [-0.2, -0.15) is 0 Å². The maximum absolute atomic E-state index is 14.1. The van der Waals surface area contributed by atoms with Crippen molar-refractivity contribution in [2.75, 3.05) is 11.9 Å². The average Bonchev–Trinajstić information content (AvgIpc) is 2.82. The van der Waals surface area contributed by atoms with Crippen molar-refractivity contribution in [3.8, 4) is 5.75 Å². The molecule has 38 heavy (non-hydrogen) atoms. The van der Waals surface area contributed by atoms with Crippen molar-refractivity contribution in [1.29, 1.82) is 0 Å². The molecule has 0 bridgehead atoms. The lowest BCUT2D eigenvalue weighted by Crippen LogP contribution is -2.54. The van der Waals surface area contributed by atoms with E-state index in [0.717, 1.165) is 18.4 Å². The Morgan fingerprint density at radius 1 is 1.03 bits per heavy atom. The van der Waals surface area contributed by atoms with Crippen molar-refractivity contribution in [2.45, 2.75) is 85.4 Å². The van der Waals surface area contributed by atoms with Gasteiger partial charge >= 0.3 is 6.09 Å². The standard InChI is InChI=1S/C30H43N3O5/c1-8-9-12-18-33(28(36)25(20(2)3)32-29(37)38-30(5,6)7)26(22-15-13-16-23(34)19-22)27(35)31-24-17-11-10-14-21(24)4/h10-11,13-17,19-20,25-26,34H,8-9,12,18H2,1-7H3,(H,31,35)(H,32,37). The summed E-state index contributed by atoms with van der Waals surface area (Å²) in [6, 6.07) is 11.8. The molecule has 0 aliphatic rings. The molecule has 0 radical (unpaired) electrons. The minimum atomic E-state index is -1.03. The lowest BCUT2D eigenvalue weighted by atomic mass is 9.98. The summed E-state index contributed by atoms with van der Waals surface area (Å²) in [5.41, 5.74) is 1.26. The molecule has 3 amide bonds. The second-order valence-electron chi connectivity index (χ2n) is 10.9. The zero-order chi connectivity index (χ0) is 28.5. The number of rotatable bonds is 11. The Balaban J connectivity index is 2.53. The molecule has 2 aromatic carbocycles. The van der Waals surface area contributed by atoms with E-state index in [0.29, 0.717) is 24.2 Å². The van der Waals surface area contributed by atoms with Gasteiger partial charge in [0.1, 0.15) is 23.4 Å². The zero-order valence-electron chi connectivity index (χ0n) is 23.7. The van der Waals surface area contributed by atoms with Crippen molar-refractivity contribution < 1.29 is 24.2 Å². The van der Waals surface area contributed by atoms with Crippen LogP contribution in [-0.2, 0) is 14.3 Å². The van der Waals surface area contributed by atoms with Gasteiger partial charge in [-0.05, 0) is 69.4 Å². The largest absolute Gasteiger partial charge is 0.508 e. The summed E-state index contributed by atoms with van der Waals surface area (Å²) in [6.45, 7) is 13.2. The molecule has 0 fully saturated rings. The molecule has 0 saturated heterocycles. The second-order valence-corrected chi connectivity index (χ2v) is 10.9. The predicted octanol–water partition coefficient (Wildman–Crippen LogP) is 5.95. The van der Waals surface area contributed by atoms with Gasteiger partial charge in [-0.3, -0.25) is 9.59 Å². The Labute approximate surface area is 226 Å². The number of hydrogen-bond donors (Lipinski definition) is 3. The van der Waals surface area contributed by atoms with E-state index in [1.54, 1.807) is 39.0 Å². The molecule has 8 nitrogen and oxygen atoms in total. The number of phenolic OH excluding ortho intramolecular Hbond substituents is 1. The molecule has 208 valence electrons. The molecule has 0 aliphatic heterocycles. The number of alkyl carbamates (subject to hydrolysis) is 1. The molecule has 0 spiro atoms. The number of phenols is 1. The summed E-state index contributed by atoms with van der Waals surface area (Å²) in [5.74, 6) is -1.08. The molecule has 0 aromatic heterocycles. The van der Waals surface area contributed by atoms with E-state index in [9.17, 15) is 19.5 Å². The summed E-state index contributed by atoms with van der Waals surface area (Å²) in [6.07, 6.45) is 1.77. The van der Waals surface area contributed by atoms with Crippen LogP contribution in [0.2, 0.25) is 0 Å². The number of amides is 3. The van der Waals surface area contributed by atoms with Crippen molar-refractivity contribution >= 4 is 23.6 Å². The molecule has 2 rings (SSSR count). The van der Waals surface area contributed by atoms with Crippen LogP contribution in [0.4, 0.5) is 10.5 Å². The van der Waals surface area contributed by atoms with Crippen molar-refractivity contribution in [3.63, 3.8) is 0 Å². The van der Waals surface area contributed by atoms with E-state index in [1.807, 2.05) is 39.0 Å². The SMILES string of the molecule is CCCCCN(C(=O)C(NC(=O)OC(C)(C)C)C(C)C)C(C(=O)Nc1ccccc1C)c1cccc(O)c1. The first-order chi connectivity index (χ1) is 17.8. The van der Waals surface area contributed by atoms with E-state index in [4.69, 9.17) is 4.74 Å². The topological polar surface area (TPSA) is 108 Å². The molecule has 3 N–H and O–H groups in total. The third-order valence-corrected chi connectivity index (χ3v) is 6.04. The monoisotopic (exact) mass is 525 g/mol. The van der Waals surface area contributed by atoms with E-state index in [-0.39, 0.29) is 11.7 Å². The van der Waals surface area contributed by atoms with Crippen LogP contribution in [0, 0.1) is 12.8 Å². The van der Waals surface area contributed by atoms with Gasteiger partial charge in [-0.1, -0.05) is 63.9 Å². The molecule has 0 aliphatic carbocycles. The summed E-state index contributed by atoms with van der Waals surface area (Å²) >= 11 is 0. The van der Waals surface area contributed by atoms with Gasteiger partial charge in [0, 0.05) is 12.2 Å². The summed E-state index contributed by atoms with van der Waals surface area (Å²) in [5, 5.41) is 15.9. The molecule has 2 aromatic rings. The highest BCUT2D eigenvalue weighted by atomic mass is 16.6. The van der Waals surface area contributed by atoms with Crippen LogP contribution in [0.25, 0.3) is 0 Å². The Hall–Kier alpha value is -3.55. The summed E-state index contributed by atoms with van der Waals surface area (Å²) in [7, 11) is 0. The van der Waals surface area contributed by atoms with E-state index >= 15 is 0 Å². The number of hydrogen-bond acceptors (Lipinski definition) is 5. The smallest absolute Gasteiger partial charge is 0.408 e. The Morgan fingerprint density at radius 3 is 2.29 bits per heavy atom. The first-order valence-electron chi connectivity index (χ1n) is 13.3. The quantitative estimate of drug-likeness (QED) is 0.314. The van der Waals surface area contributed by atoms with Gasteiger partial charge in [-0.25, -0.2) is 4.79 Å². The number of nitrogens with one attached hydrogen (secondary N) is 2. The molecule has 2 unspecified atom stereocenters. The van der Waals surface area contributed by atoms with Crippen molar-refractivity contribution in [1.82, 2.24) is 10.2 Å². The third kappa shape index (κ3) is 9.08. The van der Waals surface area contributed by atoms with Gasteiger partial charge < -0.3 is 25.4 Å². The number of aryl methyl sites for hydroxylation is 1. The summed E-state index contributed by atoms with van der Waals surface area (Å²) < 4.78 is 5.41. The Bertz CT molecular complexity index is 1090. The summed E-state index contributed by atoms with van der Waals surface area (Å²) in [4.78, 5) is 42.1. The number of carbonyl (C=O) groups is 3. The van der Waals surface area contributed by atoms with Crippen LogP contribution in [0.5, 0.6) is 5.75 Å². The number of anilines is 1. The van der Waals surface area contributed by atoms with Gasteiger partial charge in [0.25, 0.3) is 5.91 Å². The molecule has 0 heterocycles. The zero-order valence-corrected chi connectivity index (χ0v) is 23.7. The van der Waals surface area contributed by atoms with Crippen LogP contribution in [0.1, 0.15) is 78.0 Å². The fourth-order valence-electron chi connectivity index (χ4n) is 4.11. The number of carbonyl (C=O) groups excluding carboxylic acids is 3. The van der Waals surface area contributed by atoms with E-state index in [2.05, 4.69) is 17.6 Å². The van der Waals surface area contributed by atoms with Crippen molar-refractivity contribution in [2.24, 2.45) is 5.92 Å². The Morgan fingerprint density at radius 2 is 1.71 bits per heavy atom. The van der Waals surface area contributed by atoms with Gasteiger partial charge in [0.2, 0.25) is 5.91 Å². The molecule has 0 saturated carbocycles. The second kappa shape index (κ2) is 13.8. The molecular formula is C30H43N3O5. The van der Waals surface area contributed by atoms with Gasteiger partial charge in [0.05, 0.1) is 0 Å². The van der Waals surface area contributed by atoms with Crippen LogP contribution < -0.4 is 10.6 Å². The van der Waals surface area contributed by atoms with E-state index < -0.39 is 35.6 Å². The maximum Gasteiger partial charge on any atom is 0.408 e. The number of para-hydroxylation sites is 1. The fraction of sp³-hybridized carbons (Fsp3) is 0.500. The maximum atomic E-state index is 14.1.